The monoisotopic (exact) mass is 392 g/mol. The number of nitrogens with zero attached hydrogens (tertiary/aromatic N) is 2. The van der Waals surface area contributed by atoms with E-state index in [1.54, 1.807) is 0 Å². The largest absolute Gasteiger partial charge is 0.378 e. The van der Waals surface area contributed by atoms with Crippen LogP contribution < -0.4 is 10.2 Å². The first kappa shape index (κ1) is 19.5. The minimum atomic E-state index is -0.0248. The predicted octanol–water partition coefficient (Wildman–Crippen LogP) is 3.38. The predicted molar refractivity (Wildman–Crippen MR) is 116 cm³/mol. The molecule has 2 heterocycles. The number of nitrogens with one attached hydrogen (secondary N) is 2. The van der Waals surface area contributed by atoms with Crippen LogP contribution in [0, 0.1) is 13.8 Å². The molecule has 29 heavy (non-hydrogen) atoms. The number of hydrogen-bond donors (Lipinski definition) is 2. The number of rotatable bonds is 6. The number of hydrogen-bond acceptors (Lipinski definition) is 4. The van der Waals surface area contributed by atoms with Gasteiger partial charge in [-0.05, 0) is 49.6 Å². The highest BCUT2D eigenvalue weighted by Crippen LogP contribution is 2.22. The van der Waals surface area contributed by atoms with Gasteiger partial charge in [0.2, 0.25) is 0 Å². The summed E-state index contributed by atoms with van der Waals surface area (Å²) in [5.74, 6) is 0.944. The summed E-state index contributed by atoms with van der Waals surface area (Å²) >= 11 is 0. The van der Waals surface area contributed by atoms with Gasteiger partial charge in [0.25, 0.3) is 5.91 Å². The molecule has 0 aliphatic carbocycles. The van der Waals surface area contributed by atoms with Crippen LogP contribution in [0.15, 0.2) is 36.4 Å². The molecular formula is C23H28N4O2. The van der Waals surface area contributed by atoms with Crippen LogP contribution in [0.1, 0.15) is 33.7 Å². The smallest absolute Gasteiger partial charge is 0.253 e. The van der Waals surface area contributed by atoms with Gasteiger partial charge in [-0.25, -0.2) is 4.98 Å². The number of aryl methyl sites for hydroxylation is 3. The zero-order chi connectivity index (χ0) is 20.2. The zero-order valence-corrected chi connectivity index (χ0v) is 17.1. The van der Waals surface area contributed by atoms with Gasteiger partial charge >= 0.3 is 0 Å². The van der Waals surface area contributed by atoms with Crippen molar-refractivity contribution in [2.45, 2.75) is 26.7 Å². The van der Waals surface area contributed by atoms with E-state index >= 15 is 0 Å². The molecule has 1 aliphatic heterocycles. The number of fused-ring (bicyclic) bond motifs is 1. The highest BCUT2D eigenvalue weighted by Gasteiger charge is 2.18. The molecule has 0 spiro atoms. The Morgan fingerprint density at radius 1 is 1.17 bits per heavy atom. The number of carbonyl (C=O) groups is 1. The average Bonchev–Trinajstić information content (AvgIpc) is 3.18. The van der Waals surface area contributed by atoms with Gasteiger partial charge in [0.05, 0.1) is 29.8 Å². The van der Waals surface area contributed by atoms with Gasteiger partial charge in [-0.2, -0.15) is 0 Å². The van der Waals surface area contributed by atoms with Crippen LogP contribution in [0.3, 0.4) is 0 Å². The van der Waals surface area contributed by atoms with E-state index < -0.39 is 0 Å². The molecular weight excluding hydrogens is 364 g/mol. The summed E-state index contributed by atoms with van der Waals surface area (Å²) in [4.78, 5) is 23.1. The third-order valence-electron chi connectivity index (χ3n) is 5.60. The van der Waals surface area contributed by atoms with Crippen molar-refractivity contribution < 1.29 is 9.53 Å². The molecule has 152 valence electrons. The summed E-state index contributed by atoms with van der Waals surface area (Å²) in [5, 5.41) is 3.06. The van der Waals surface area contributed by atoms with Gasteiger partial charge in [0.15, 0.2) is 0 Å². The van der Waals surface area contributed by atoms with E-state index in [0.717, 1.165) is 54.0 Å². The van der Waals surface area contributed by atoms with E-state index in [2.05, 4.69) is 41.2 Å². The highest BCUT2D eigenvalue weighted by atomic mass is 16.5. The standard InChI is InChI=1S/C23H28N4O2/c1-16-9-10-19-22(17(16)2)26-21(25-19)8-5-11-24-23(28)18-6-3-4-7-20(18)27-12-14-29-15-13-27/h3-4,6-7,9-10H,5,8,11-15H2,1-2H3,(H,24,28)(H,25,26). The first-order chi connectivity index (χ1) is 14.1. The molecule has 4 rings (SSSR count). The summed E-state index contributed by atoms with van der Waals surface area (Å²) < 4.78 is 5.43. The Bertz CT molecular complexity index is 1010. The molecule has 6 heteroatoms. The van der Waals surface area contributed by atoms with Gasteiger partial charge in [0, 0.05) is 31.7 Å². The van der Waals surface area contributed by atoms with Crippen molar-refractivity contribution in [2.24, 2.45) is 0 Å². The topological polar surface area (TPSA) is 70.2 Å². The molecule has 2 aromatic carbocycles. The zero-order valence-electron chi connectivity index (χ0n) is 17.1. The fourth-order valence-corrected chi connectivity index (χ4v) is 3.78. The van der Waals surface area contributed by atoms with Gasteiger partial charge in [-0.1, -0.05) is 18.2 Å². The van der Waals surface area contributed by atoms with Crippen LogP contribution >= 0.6 is 0 Å². The van der Waals surface area contributed by atoms with Gasteiger partial charge < -0.3 is 19.9 Å². The van der Waals surface area contributed by atoms with Gasteiger partial charge in [-0.3, -0.25) is 4.79 Å². The van der Waals surface area contributed by atoms with Crippen molar-refractivity contribution in [1.29, 1.82) is 0 Å². The van der Waals surface area contributed by atoms with Gasteiger partial charge in [0.1, 0.15) is 5.82 Å². The molecule has 0 bridgehead atoms. The van der Waals surface area contributed by atoms with E-state index in [0.29, 0.717) is 19.8 Å². The number of carbonyl (C=O) groups excluding carboxylic acids is 1. The number of ether oxygens (including phenoxy) is 1. The summed E-state index contributed by atoms with van der Waals surface area (Å²) in [6.45, 7) is 7.86. The molecule has 0 atom stereocenters. The molecule has 1 amide bonds. The van der Waals surface area contributed by atoms with Crippen molar-refractivity contribution in [3.05, 3.63) is 58.9 Å². The summed E-state index contributed by atoms with van der Waals surface area (Å²) in [7, 11) is 0. The Balaban J connectivity index is 1.34. The van der Waals surface area contributed by atoms with Crippen molar-refractivity contribution in [1.82, 2.24) is 15.3 Å². The van der Waals surface area contributed by atoms with Crippen molar-refractivity contribution in [3.8, 4) is 0 Å². The molecule has 1 aliphatic rings. The Hall–Kier alpha value is -2.86. The number of aromatic nitrogens is 2. The lowest BCUT2D eigenvalue weighted by atomic mass is 10.1. The van der Waals surface area contributed by atoms with Crippen LogP contribution in [0.2, 0.25) is 0 Å². The lowest BCUT2D eigenvalue weighted by molar-refractivity contribution is 0.0951. The normalized spacial score (nSPS) is 14.3. The fraction of sp³-hybridized carbons (Fsp3) is 0.391. The summed E-state index contributed by atoms with van der Waals surface area (Å²) in [6.07, 6.45) is 1.64. The highest BCUT2D eigenvalue weighted by molar-refractivity contribution is 5.99. The molecule has 0 unspecified atom stereocenters. The summed E-state index contributed by atoms with van der Waals surface area (Å²) in [5.41, 5.74) is 6.30. The lowest BCUT2D eigenvalue weighted by Crippen LogP contribution is -2.38. The maximum absolute atomic E-state index is 12.8. The van der Waals surface area contributed by atoms with Crippen molar-refractivity contribution >= 4 is 22.6 Å². The number of H-pyrrole nitrogens is 1. The maximum Gasteiger partial charge on any atom is 0.253 e. The Morgan fingerprint density at radius 2 is 1.97 bits per heavy atom. The Morgan fingerprint density at radius 3 is 2.79 bits per heavy atom. The number of para-hydroxylation sites is 1. The van der Waals surface area contributed by atoms with Crippen LogP contribution in [-0.2, 0) is 11.2 Å². The Labute approximate surface area is 171 Å². The lowest BCUT2D eigenvalue weighted by Gasteiger charge is -2.30. The third-order valence-corrected chi connectivity index (χ3v) is 5.60. The van der Waals surface area contributed by atoms with E-state index in [-0.39, 0.29) is 5.91 Å². The second kappa shape index (κ2) is 8.66. The fourth-order valence-electron chi connectivity index (χ4n) is 3.78. The van der Waals surface area contributed by atoms with E-state index in [9.17, 15) is 4.79 Å². The van der Waals surface area contributed by atoms with Crippen LogP contribution in [0.5, 0.6) is 0 Å². The number of aromatic amines is 1. The first-order valence-corrected chi connectivity index (χ1v) is 10.3. The SMILES string of the molecule is Cc1ccc2[nH]c(CCCNC(=O)c3ccccc3N3CCOCC3)nc2c1C. The molecule has 0 saturated carbocycles. The minimum Gasteiger partial charge on any atom is -0.378 e. The summed E-state index contributed by atoms with van der Waals surface area (Å²) in [6, 6.07) is 12.0. The second-order valence-electron chi connectivity index (χ2n) is 7.56. The van der Waals surface area contributed by atoms with E-state index in [1.165, 1.54) is 11.1 Å². The van der Waals surface area contributed by atoms with Gasteiger partial charge in [-0.15, -0.1) is 0 Å². The van der Waals surface area contributed by atoms with Crippen LogP contribution in [0.25, 0.3) is 11.0 Å². The molecule has 1 fully saturated rings. The molecule has 6 nitrogen and oxygen atoms in total. The first-order valence-electron chi connectivity index (χ1n) is 10.3. The number of amides is 1. The quantitative estimate of drug-likeness (QED) is 0.631. The number of imidazole rings is 1. The van der Waals surface area contributed by atoms with Crippen LogP contribution in [0.4, 0.5) is 5.69 Å². The minimum absolute atomic E-state index is 0.0248. The molecule has 1 saturated heterocycles. The van der Waals surface area contributed by atoms with Crippen molar-refractivity contribution in [2.75, 3.05) is 37.7 Å². The van der Waals surface area contributed by atoms with Crippen molar-refractivity contribution in [3.63, 3.8) is 0 Å². The van der Waals surface area contributed by atoms with E-state index in [4.69, 9.17) is 9.72 Å². The van der Waals surface area contributed by atoms with Crippen LogP contribution in [-0.4, -0.2) is 48.7 Å². The second-order valence-corrected chi connectivity index (χ2v) is 7.56. The maximum atomic E-state index is 12.8. The van der Waals surface area contributed by atoms with E-state index in [1.807, 2.05) is 24.3 Å². The third kappa shape index (κ3) is 4.27. The molecule has 1 aromatic heterocycles. The average molecular weight is 393 g/mol. The molecule has 2 N–H and O–H groups in total. The number of anilines is 1. The molecule has 0 radical (unpaired) electrons. The number of morpholine rings is 1. The number of benzene rings is 2. The molecule has 3 aromatic rings. The Kier molecular flexibility index (Phi) is 5.81.